The van der Waals surface area contributed by atoms with Crippen LogP contribution in [0.25, 0.3) is 10.8 Å². The van der Waals surface area contributed by atoms with Crippen molar-refractivity contribution >= 4 is 16.7 Å². The van der Waals surface area contributed by atoms with Gasteiger partial charge in [0, 0.05) is 6.07 Å². The molecular weight excluding hydrogens is 302 g/mol. The molecule has 0 spiro atoms. The predicted molar refractivity (Wildman–Crippen MR) is 91.0 cm³/mol. The van der Waals surface area contributed by atoms with Crippen molar-refractivity contribution in [1.82, 2.24) is 0 Å². The fraction of sp³-hybridized carbons (Fsp3) is 0.100. The van der Waals surface area contributed by atoms with E-state index in [1.165, 1.54) is 7.11 Å². The quantitative estimate of drug-likeness (QED) is 0.541. The molecule has 0 radical (unpaired) electrons. The maximum Gasteiger partial charge on any atom is 0.315 e. The second-order valence-corrected chi connectivity index (χ2v) is 5.31. The minimum Gasteiger partial charge on any atom is -0.493 e. The molecule has 0 N–H and O–H groups in total. The van der Waals surface area contributed by atoms with Crippen LogP contribution in [-0.4, -0.2) is 13.1 Å². The first-order chi connectivity index (χ1) is 11.7. The molecule has 3 rings (SSSR count). The van der Waals surface area contributed by atoms with Gasteiger partial charge >= 0.3 is 5.97 Å². The maximum atomic E-state index is 12.2. The van der Waals surface area contributed by atoms with Gasteiger partial charge in [0.25, 0.3) is 0 Å². The van der Waals surface area contributed by atoms with Gasteiger partial charge in [-0.2, -0.15) is 5.26 Å². The Balaban J connectivity index is 1.76. The van der Waals surface area contributed by atoms with Gasteiger partial charge < -0.3 is 9.47 Å². The van der Waals surface area contributed by atoms with E-state index >= 15 is 0 Å². The molecule has 0 aromatic heterocycles. The summed E-state index contributed by atoms with van der Waals surface area (Å²) < 4.78 is 10.5. The zero-order valence-electron chi connectivity index (χ0n) is 13.2. The van der Waals surface area contributed by atoms with E-state index in [4.69, 9.17) is 14.7 Å². The zero-order chi connectivity index (χ0) is 16.9. The van der Waals surface area contributed by atoms with E-state index in [1.807, 2.05) is 48.5 Å². The lowest BCUT2D eigenvalue weighted by molar-refractivity contribution is -0.133. The summed E-state index contributed by atoms with van der Waals surface area (Å²) in [5.41, 5.74) is 1.33. The highest BCUT2D eigenvalue weighted by atomic mass is 16.6. The average molecular weight is 317 g/mol. The molecule has 0 aliphatic carbocycles. The van der Waals surface area contributed by atoms with Crippen molar-refractivity contribution in [2.45, 2.75) is 6.42 Å². The van der Waals surface area contributed by atoms with Gasteiger partial charge in [0.2, 0.25) is 0 Å². The van der Waals surface area contributed by atoms with Gasteiger partial charge in [0.15, 0.2) is 11.5 Å². The number of methoxy groups -OCH3 is 1. The van der Waals surface area contributed by atoms with E-state index in [0.29, 0.717) is 17.1 Å². The van der Waals surface area contributed by atoms with Gasteiger partial charge in [0.05, 0.1) is 25.2 Å². The smallest absolute Gasteiger partial charge is 0.315 e. The molecule has 4 heteroatoms. The maximum absolute atomic E-state index is 12.2. The SMILES string of the molecule is COc1cc(C#N)ccc1OC(=O)Cc1ccc2ccccc2c1. The molecule has 0 amide bonds. The Kier molecular flexibility index (Phi) is 4.44. The largest absolute Gasteiger partial charge is 0.493 e. The second kappa shape index (κ2) is 6.84. The summed E-state index contributed by atoms with van der Waals surface area (Å²) in [6.07, 6.45) is 0.161. The summed E-state index contributed by atoms with van der Waals surface area (Å²) in [5.74, 6) is 0.288. The molecule has 3 aromatic carbocycles. The van der Waals surface area contributed by atoms with Crippen LogP contribution in [0.3, 0.4) is 0 Å². The normalized spacial score (nSPS) is 10.2. The van der Waals surface area contributed by atoms with Crippen molar-refractivity contribution in [3.63, 3.8) is 0 Å². The van der Waals surface area contributed by atoms with E-state index in [9.17, 15) is 4.79 Å². The molecule has 0 saturated heterocycles. The molecule has 4 nitrogen and oxygen atoms in total. The third-order valence-corrected chi connectivity index (χ3v) is 3.68. The number of fused-ring (bicyclic) bond motifs is 1. The minimum absolute atomic E-state index is 0.161. The molecule has 24 heavy (non-hydrogen) atoms. The van der Waals surface area contributed by atoms with Crippen molar-refractivity contribution in [2.75, 3.05) is 7.11 Å². The van der Waals surface area contributed by atoms with Gasteiger partial charge in [-0.25, -0.2) is 0 Å². The van der Waals surface area contributed by atoms with E-state index in [2.05, 4.69) is 0 Å². The Morgan fingerprint density at radius 1 is 1.00 bits per heavy atom. The molecule has 0 aliphatic heterocycles. The Hall–Kier alpha value is -3.32. The summed E-state index contributed by atoms with van der Waals surface area (Å²) in [5, 5.41) is 11.1. The van der Waals surface area contributed by atoms with Crippen LogP contribution < -0.4 is 9.47 Å². The van der Waals surface area contributed by atoms with E-state index in [1.54, 1.807) is 18.2 Å². The van der Waals surface area contributed by atoms with Crippen LogP contribution in [0.5, 0.6) is 11.5 Å². The summed E-state index contributed by atoms with van der Waals surface area (Å²) in [6.45, 7) is 0. The van der Waals surface area contributed by atoms with Gasteiger partial charge in [-0.15, -0.1) is 0 Å². The number of hydrogen-bond donors (Lipinski definition) is 0. The van der Waals surface area contributed by atoms with E-state index < -0.39 is 0 Å². The Morgan fingerprint density at radius 2 is 1.79 bits per heavy atom. The summed E-state index contributed by atoms with van der Waals surface area (Å²) in [4.78, 5) is 12.2. The Bertz CT molecular complexity index is 941. The van der Waals surface area contributed by atoms with E-state index in [0.717, 1.165) is 16.3 Å². The molecule has 3 aromatic rings. The van der Waals surface area contributed by atoms with Gasteiger partial charge in [-0.1, -0.05) is 42.5 Å². The first kappa shape index (κ1) is 15.6. The highest BCUT2D eigenvalue weighted by molar-refractivity contribution is 5.84. The van der Waals surface area contributed by atoms with Crippen molar-refractivity contribution in [2.24, 2.45) is 0 Å². The molecule has 0 saturated carbocycles. The number of benzene rings is 3. The van der Waals surface area contributed by atoms with Crippen LogP contribution in [0.15, 0.2) is 60.7 Å². The van der Waals surface area contributed by atoms with Gasteiger partial charge in [0.1, 0.15) is 0 Å². The molecule has 0 unspecified atom stereocenters. The number of carbonyl (C=O) groups is 1. The van der Waals surface area contributed by atoms with Crippen LogP contribution in [0.4, 0.5) is 0 Å². The van der Waals surface area contributed by atoms with E-state index in [-0.39, 0.29) is 12.4 Å². The van der Waals surface area contributed by atoms with Crippen molar-refractivity contribution in [3.05, 3.63) is 71.8 Å². The second-order valence-electron chi connectivity index (χ2n) is 5.31. The van der Waals surface area contributed by atoms with Crippen LogP contribution in [0, 0.1) is 11.3 Å². The minimum atomic E-state index is -0.381. The predicted octanol–water partition coefficient (Wildman–Crippen LogP) is 3.87. The number of ether oxygens (including phenoxy) is 2. The van der Waals surface area contributed by atoms with Crippen molar-refractivity contribution in [3.8, 4) is 17.6 Å². The lowest BCUT2D eigenvalue weighted by Gasteiger charge is -2.09. The van der Waals surface area contributed by atoms with Crippen LogP contribution in [-0.2, 0) is 11.2 Å². The lowest BCUT2D eigenvalue weighted by atomic mass is 10.1. The van der Waals surface area contributed by atoms with Gasteiger partial charge in [-0.05, 0) is 28.5 Å². The molecule has 0 fully saturated rings. The number of hydrogen-bond acceptors (Lipinski definition) is 4. The highest BCUT2D eigenvalue weighted by Gasteiger charge is 2.12. The fourth-order valence-corrected chi connectivity index (χ4v) is 2.50. The topological polar surface area (TPSA) is 59.3 Å². The average Bonchev–Trinajstić information content (AvgIpc) is 2.62. The summed E-state index contributed by atoms with van der Waals surface area (Å²) in [7, 11) is 1.47. The Morgan fingerprint density at radius 3 is 2.54 bits per heavy atom. The number of esters is 1. The molecular formula is C20H15NO3. The van der Waals surface area contributed by atoms with Crippen molar-refractivity contribution < 1.29 is 14.3 Å². The number of carbonyl (C=O) groups excluding carboxylic acids is 1. The molecule has 118 valence electrons. The third-order valence-electron chi connectivity index (χ3n) is 3.68. The monoisotopic (exact) mass is 317 g/mol. The zero-order valence-corrected chi connectivity index (χ0v) is 13.2. The molecule has 0 atom stereocenters. The number of nitriles is 1. The molecule has 0 bridgehead atoms. The highest BCUT2D eigenvalue weighted by Crippen LogP contribution is 2.28. The van der Waals surface area contributed by atoms with Crippen molar-refractivity contribution in [1.29, 1.82) is 5.26 Å². The fourth-order valence-electron chi connectivity index (χ4n) is 2.50. The lowest BCUT2D eigenvalue weighted by Crippen LogP contribution is -2.12. The van der Waals surface area contributed by atoms with Crippen LogP contribution >= 0.6 is 0 Å². The first-order valence-corrected chi connectivity index (χ1v) is 7.46. The third kappa shape index (κ3) is 3.36. The molecule has 0 heterocycles. The van der Waals surface area contributed by atoms with Crippen LogP contribution in [0.2, 0.25) is 0 Å². The number of rotatable bonds is 4. The summed E-state index contributed by atoms with van der Waals surface area (Å²) in [6, 6.07) is 20.6. The van der Waals surface area contributed by atoms with Crippen LogP contribution in [0.1, 0.15) is 11.1 Å². The standard InChI is InChI=1S/C20H15NO3/c1-23-19-11-15(13-21)7-9-18(19)24-20(22)12-14-6-8-16-4-2-3-5-17(16)10-14/h2-11H,12H2,1H3. The molecule has 0 aliphatic rings. The first-order valence-electron chi connectivity index (χ1n) is 7.46. The number of nitrogens with zero attached hydrogens (tertiary/aromatic N) is 1. The summed E-state index contributed by atoms with van der Waals surface area (Å²) >= 11 is 0. The van der Waals surface area contributed by atoms with Gasteiger partial charge in [-0.3, -0.25) is 4.79 Å². The Labute approximate surface area is 139 Å².